The molecule has 3 fully saturated rings. The van der Waals surface area contributed by atoms with E-state index < -0.39 is 52.9 Å². The van der Waals surface area contributed by atoms with E-state index in [2.05, 4.69) is 4.90 Å². The van der Waals surface area contributed by atoms with Crippen molar-refractivity contribution in [3.8, 4) is 5.75 Å². The van der Waals surface area contributed by atoms with Crippen molar-refractivity contribution >= 4 is 29.4 Å². The van der Waals surface area contributed by atoms with Gasteiger partial charge in [-0.15, -0.1) is 0 Å². The highest BCUT2D eigenvalue weighted by atomic mass is 19.4. The Labute approximate surface area is 260 Å². The molecule has 0 N–H and O–H groups in total. The van der Waals surface area contributed by atoms with E-state index in [4.69, 9.17) is 4.74 Å². The van der Waals surface area contributed by atoms with E-state index in [1.54, 1.807) is 19.0 Å². The van der Waals surface area contributed by atoms with Crippen LogP contribution >= 0.6 is 0 Å². The molecule has 5 rings (SSSR count). The van der Waals surface area contributed by atoms with Crippen molar-refractivity contribution in [1.82, 2.24) is 14.7 Å². The molecule has 4 amide bonds. The molecular weight excluding hydrogens is 627 g/mol. The van der Waals surface area contributed by atoms with Crippen molar-refractivity contribution in [3.05, 3.63) is 53.3 Å². The van der Waals surface area contributed by atoms with E-state index in [-0.39, 0.29) is 48.6 Å². The molecular formula is C30H32F7N5O4. The van der Waals surface area contributed by atoms with E-state index >= 15 is 0 Å². The fourth-order valence-corrected chi connectivity index (χ4v) is 6.34. The largest absolute Gasteiger partial charge is 0.420 e. The molecule has 1 saturated carbocycles. The first-order valence-electron chi connectivity index (χ1n) is 14.4. The van der Waals surface area contributed by atoms with Gasteiger partial charge in [-0.05, 0) is 54.7 Å². The van der Waals surface area contributed by atoms with Crippen molar-refractivity contribution in [2.45, 2.75) is 25.2 Å². The number of hydrogen-bond donors (Lipinski definition) is 0. The van der Waals surface area contributed by atoms with Gasteiger partial charge in [-0.2, -0.15) is 26.3 Å². The number of benzene rings is 2. The zero-order chi connectivity index (χ0) is 33.8. The van der Waals surface area contributed by atoms with Crippen LogP contribution in [0, 0.1) is 17.2 Å². The molecule has 0 aromatic heterocycles. The topological polar surface area (TPSA) is 76.6 Å². The number of hydrogen-bond acceptors (Lipinski definition) is 5. The molecule has 0 bridgehead atoms. The van der Waals surface area contributed by atoms with Crippen LogP contribution < -0.4 is 14.5 Å². The second-order valence-corrected chi connectivity index (χ2v) is 12.2. The molecule has 3 aliphatic rings. The van der Waals surface area contributed by atoms with Gasteiger partial charge in [0.15, 0.2) is 5.75 Å². The predicted molar refractivity (Wildman–Crippen MR) is 152 cm³/mol. The summed E-state index contributed by atoms with van der Waals surface area (Å²) in [6.07, 6.45) is -10.5. The molecule has 2 heterocycles. The minimum atomic E-state index is -5.40. The summed E-state index contributed by atoms with van der Waals surface area (Å²) in [4.78, 5) is 44.9. The van der Waals surface area contributed by atoms with Gasteiger partial charge in [0.25, 0.3) is 0 Å². The average molecular weight is 660 g/mol. The zero-order valence-electron chi connectivity index (χ0n) is 25.2. The number of urea groups is 1. The quantitative estimate of drug-likeness (QED) is 0.365. The Morgan fingerprint density at radius 1 is 0.935 bits per heavy atom. The molecule has 2 saturated heterocycles. The Morgan fingerprint density at radius 3 is 2.13 bits per heavy atom. The fraction of sp³-hybridized carbons (Fsp3) is 0.500. The summed E-state index contributed by atoms with van der Waals surface area (Å²) in [7, 11) is 4.54. The number of alkyl halides is 6. The lowest BCUT2D eigenvalue weighted by atomic mass is 9.57. The Morgan fingerprint density at radius 2 is 1.57 bits per heavy atom. The van der Waals surface area contributed by atoms with Crippen LogP contribution in [-0.2, 0) is 17.1 Å². The third kappa shape index (κ3) is 6.57. The highest BCUT2D eigenvalue weighted by Crippen LogP contribution is 2.52. The number of likely N-dealkylation sites (tertiary alicyclic amines) is 1. The van der Waals surface area contributed by atoms with Gasteiger partial charge in [-0.25, -0.2) is 14.0 Å². The summed E-state index contributed by atoms with van der Waals surface area (Å²) >= 11 is 0. The van der Waals surface area contributed by atoms with Crippen molar-refractivity contribution in [1.29, 1.82) is 0 Å². The first-order valence-corrected chi connectivity index (χ1v) is 14.4. The lowest BCUT2D eigenvalue weighted by Gasteiger charge is -2.59. The van der Waals surface area contributed by atoms with E-state index in [9.17, 15) is 45.1 Å². The second kappa shape index (κ2) is 11.9. The summed E-state index contributed by atoms with van der Waals surface area (Å²) < 4.78 is 102. The molecule has 9 nitrogen and oxygen atoms in total. The SMILES string of the molecule is CN(C)C(=O)C1CC2(C1)CN(CCN1CCN(c3cc(C(F)(F)F)cc(C(F)(F)F)c3OC(=O)N(C)c3ccc(F)cc3)C1=O)C2. The Bertz CT molecular complexity index is 1500. The summed E-state index contributed by atoms with van der Waals surface area (Å²) in [5.74, 6) is -1.83. The number of anilines is 2. The number of carbonyl (C=O) groups is 3. The maximum Gasteiger partial charge on any atom is 0.420 e. The highest BCUT2D eigenvalue weighted by molar-refractivity contribution is 5.97. The van der Waals surface area contributed by atoms with E-state index in [0.717, 1.165) is 67.0 Å². The molecule has 0 atom stereocenters. The lowest BCUT2D eigenvalue weighted by Crippen LogP contribution is -2.64. The molecule has 0 unspecified atom stereocenters. The van der Waals surface area contributed by atoms with Gasteiger partial charge in [0.1, 0.15) is 11.4 Å². The predicted octanol–water partition coefficient (Wildman–Crippen LogP) is 5.54. The zero-order valence-corrected chi connectivity index (χ0v) is 25.2. The van der Waals surface area contributed by atoms with Gasteiger partial charge < -0.3 is 19.4 Å². The maximum atomic E-state index is 14.2. The molecule has 46 heavy (non-hydrogen) atoms. The summed E-state index contributed by atoms with van der Waals surface area (Å²) in [5.41, 5.74) is -4.34. The van der Waals surface area contributed by atoms with Crippen LogP contribution in [-0.4, -0.2) is 93.1 Å². The van der Waals surface area contributed by atoms with Crippen LogP contribution in [0.25, 0.3) is 0 Å². The van der Waals surface area contributed by atoms with Crippen LogP contribution in [0.3, 0.4) is 0 Å². The summed E-state index contributed by atoms with van der Waals surface area (Å²) in [6.45, 7) is 1.79. The number of halogens is 7. The number of amides is 4. The van der Waals surface area contributed by atoms with Gasteiger partial charge in [-0.3, -0.25) is 14.6 Å². The molecule has 16 heteroatoms. The second-order valence-electron chi connectivity index (χ2n) is 12.2. The third-order valence-electron chi connectivity index (χ3n) is 8.72. The Kier molecular flexibility index (Phi) is 8.64. The number of ether oxygens (including phenoxy) is 1. The van der Waals surface area contributed by atoms with Gasteiger partial charge in [0.05, 0.1) is 11.3 Å². The van der Waals surface area contributed by atoms with Gasteiger partial charge in [0.2, 0.25) is 5.91 Å². The number of nitrogens with zero attached hydrogens (tertiary/aromatic N) is 5. The minimum Gasteiger partial charge on any atom is -0.407 e. The van der Waals surface area contributed by atoms with Crippen LogP contribution in [0.2, 0.25) is 0 Å². The smallest absolute Gasteiger partial charge is 0.407 e. The maximum absolute atomic E-state index is 14.2. The van der Waals surface area contributed by atoms with Crippen LogP contribution in [0.5, 0.6) is 5.75 Å². The molecule has 250 valence electrons. The third-order valence-corrected chi connectivity index (χ3v) is 8.72. The van der Waals surface area contributed by atoms with Crippen LogP contribution in [0.4, 0.5) is 51.7 Å². The molecule has 2 aromatic carbocycles. The molecule has 1 spiro atoms. The standard InChI is InChI=1S/C30H32F7N5O4/c1-38(2)25(43)18-14-28(15-18)16-40(17-28)8-9-41-10-11-42(26(41)44)23-13-19(29(32,33)34)12-22(30(35,36)37)24(23)46-27(45)39(3)21-6-4-20(31)5-7-21/h4-7,12-13,18H,8-11,14-17H2,1-3H3. The fourth-order valence-electron chi connectivity index (χ4n) is 6.34. The van der Waals surface area contributed by atoms with Crippen LogP contribution in [0.1, 0.15) is 24.0 Å². The monoisotopic (exact) mass is 659 g/mol. The van der Waals surface area contributed by atoms with Gasteiger partial charge in [0, 0.05) is 72.0 Å². The van der Waals surface area contributed by atoms with Gasteiger partial charge in [-0.1, -0.05) is 0 Å². The number of carbonyl (C=O) groups excluding carboxylic acids is 3. The first kappa shape index (κ1) is 33.3. The van der Waals surface area contributed by atoms with E-state index in [1.807, 2.05) is 0 Å². The molecule has 2 aliphatic heterocycles. The Balaban J connectivity index is 1.33. The summed E-state index contributed by atoms with van der Waals surface area (Å²) in [6, 6.07) is 3.66. The Hall–Kier alpha value is -4.08. The number of rotatable bonds is 7. The van der Waals surface area contributed by atoms with Crippen molar-refractivity contribution in [3.63, 3.8) is 0 Å². The molecule has 1 aliphatic carbocycles. The van der Waals surface area contributed by atoms with Crippen LogP contribution in [0.15, 0.2) is 36.4 Å². The van der Waals surface area contributed by atoms with E-state index in [0.29, 0.717) is 12.6 Å². The highest BCUT2D eigenvalue weighted by Gasteiger charge is 2.54. The molecule has 0 radical (unpaired) electrons. The average Bonchev–Trinajstić information content (AvgIpc) is 3.29. The normalized spacial score (nSPS) is 18.4. The minimum absolute atomic E-state index is 0.0116. The molecule has 2 aromatic rings. The summed E-state index contributed by atoms with van der Waals surface area (Å²) in [5, 5.41) is 0. The lowest BCUT2D eigenvalue weighted by molar-refractivity contribution is -0.152. The van der Waals surface area contributed by atoms with Crippen molar-refractivity contribution in [2.24, 2.45) is 11.3 Å². The van der Waals surface area contributed by atoms with Gasteiger partial charge >= 0.3 is 24.5 Å². The van der Waals surface area contributed by atoms with Crippen molar-refractivity contribution in [2.75, 3.05) is 70.2 Å². The van der Waals surface area contributed by atoms with E-state index in [1.165, 1.54) is 4.90 Å². The van der Waals surface area contributed by atoms with Crippen molar-refractivity contribution < 1.29 is 49.9 Å². The first-order chi connectivity index (χ1) is 21.4.